The van der Waals surface area contributed by atoms with Gasteiger partial charge in [-0.1, -0.05) is 13.8 Å². The molecule has 0 unspecified atom stereocenters. The molecule has 0 radical (unpaired) electrons. The number of allylic oxidation sites excluding steroid dienone is 1. The first-order valence-corrected chi connectivity index (χ1v) is 8.68. The van der Waals surface area contributed by atoms with Gasteiger partial charge in [0.15, 0.2) is 11.6 Å². The van der Waals surface area contributed by atoms with E-state index < -0.39 is 29.0 Å². The number of Topliss-reactive ketones (excluding diaryl/α,β-unsaturated/α-hetero) is 1. The molecular weight excluding hydrogens is 456 g/mol. The number of hydrogen-bond donors (Lipinski definition) is 0. The summed E-state index contributed by atoms with van der Waals surface area (Å²) in [6.07, 6.45) is -7.37. The zero-order chi connectivity index (χ0) is 21.3. The zero-order valence-corrected chi connectivity index (χ0v) is 16.2. The van der Waals surface area contributed by atoms with Gasteiger partial charge >= 0.3 is 12.4 Å². The van der Waals surface area contributed by atoms with E-state index in [1.807, 2.05) is 13.8 Å². The van der Waals surface area contributed by atoms with Gasteiger partial charge in [-0.2, -0.15) is 26.3 Å². The standard InChI is InChI=1S/C17H14BrF6N3O/c1-9(2)3-14(28)13(18)7-27-8-25-15(26-27)10-4-11(16(19,20)21)6-12(5-10)17(22,23)24/h4-9H,3H2,1-2H3/b13-7-. The minimum atomic E-state index is -4.97. The average Bonchev–Trinajstić information content (AvgIpc) is 3.00. The van der Waals surface area contributed by atoms with Crippen molar-refractivity contribution in [3.05, 3.63) is 40.1 Å². The Morgan fingerprint density at radius 3 is 2.11 bits per heavy atom. The molecular formula is C17H14BrF6N3O. The molecule has 28 heavy (non-hydrogen) atoms. The van der Waals surface area contributed by atoms with Crippen LogP contribution < -0.4 is 0 Å². The molecule has 0 fully saturated rings. The molecule has 152 valence electrons. The van der Waals surface area contributed by atoms with Crippen molar-refractivity contribution in [1.82, 2.24) is 14.8 Å². The lowest BCUT2D eigenvalue weighted by Gasteiger charge is -2.13. The Labute approximate surface area is 164 Å². The molecule has 0 aliphatic rings. The van der Waals surface area contributed by atoms with Crippen LogP contribution in [-0.2, 0) is 17.1 Å². The fourth-order valence-corrected chi connectivity index (χ4v) is 2.58. The normalized spacial score (nSPS) is 13.3. The van der Waals surface area contributed by atoms with Crippen LogP contribution in [0.15, 0.2) is 29.0 Å². The van der Waals surface area contributed by atoms with Gasteiger partial charge in [-0.15, -0.1) is 5.10 Å². The fraction of sp³-hybridized carbons (Fsp3) is 0.353. The molecule has 0 saturated carbocycles. The Morgan fingerprint density at radius 2 is 1.64 bits per heavy atom. The Balaban J connectivity index is 2.43. The summed E-state index contributed by atoms with van der Waals surface area (Å²) in [7, 11) is 0. The minimum Gasteiger partial charge on any atom is -0.294 e. The van der Waals surface area contributed by atoms with Crippen LogP contribution in [0.5, 0.6) is 0 Å². The lowest BCUT2D eigenvalue weighted by Crippen LogP contribution is -2.11. The van der Waals surface area contributed by atoms with E-state index >= 15 is 0 Å². The Hall–Kier alpha value is -2.17. The molecule has 1 heterocycles. The second kappa shape index (κ2) is 8.06. The number of rotatable bonds is 5. The van der Waals surface area contributed by atoms with E-state index in [0.29, 0.717) is 12.1 Å². The van der Waals surface area contributed by atoms with Gasteiger partial charge in [0.05, 0.1) is 15.6 Å². The van der Waals surface area contributed by atoms with Crippen LogP contribution in [0, 0.1) is 5.92 Å². The van der Waals surface area contributed by atoms with E-state index in [2.05, 4.69) is 26.0 Å². The van der Waals surface area contributed by atoms with Gasteiger partial charge in [-0.3, -0.25) is 4.79 Å². The quantitative estimate of drug-likeness (QED) is 0.411. The van der Waals surface area contributed by atoms with Crippen LogP contribution in [0.1, 0.15) is 31.4 Å². The topological polar surface area (TPSA) is 47.8 Å². The molecule has 0 bridgehead atoms. The summed E-state index contributed by atoms with van der Waals surface area (Å²) in [6.45, 7) is 3.69. The minimum absolute atomic E-state index is 0.0293. The van der Waals surface area contributed by atoms with Gasteiger partial charge in [-0.25, -0.2) is 9.67 Å². The van der Waals surface area contributed by atoms with Crippen molar-refractivity contribution < 1.29 is 31.1 Å². The molecule has 1 aromatic carbocycles. The van der Waals surface area contributed by atoms with E-state index in [1.165, 1.54) is 6.20 Å². The van der Waals surface area contributed by atoms with Crippen molar-refractivity contribution in [2.45, 2.75) is 32.6 Å². The lowest BCUT2D eigenvalue weighted by atomic mass is 10.0. The number of nitrogens with zero attached hydrogens (tertiary/aromatic N) is 3. The first-order valence-electron chi connectivity index (χ1n) is 7.89. The number of carbonyl (C=O) groups excluding carboxylic acids is 1. The Morgan fingerprint density at radius 1 is 1.11 bits per heavy atom. The lowest BCUT2D eigenvalue weighted by molar-refractivity contribution is -0.143. The molecule has 1 aromatic heterocycles. The van der Waals surface area contributed by atoms with Crippen molar-refractivity contribution in [3.63, 3.8) is 0 Å². The van der Waals surface area contributed by atoms with Crippen molar-refractivity contribution in [3.8, 4) is 11.4 Å². The summed E-state index contributed by atoms with van der Waals surface area (Å²) >= 11 is 3.07. The maximum Gasteiger partial charge on any atom is 0.416 e. The maximum absolute atomic E-state index is 13.0. The summed E-state index contributed by atoms with van der Waals surface area (Å²) in [6, 6.07) is 1.11. The summed E-state index contributed by atoms with van der Waals surface area (Å²) in [4.78, 5) is 15.7. The van der Waals surface area contributed by atoms with Gasteiger partial charge in [0.25, 0.3) is 0 Å². The van der Waals surface area contributed by atoms with E-state index in [4.69, 9.17) is 0 Å². The predicted molar refractivity (Wildman–Crippen MR) is 93.1 cm³/mol. The smallest absolute Gasteiger partial charge is 0.294 e. The third kappa shape index (κ3) is 5.66. The van der Waals surface area contributed by atoms with Crippen molar-refractivity contribution >= 4 is 27.9 Å². The highest BCUT2D eigenvalue weighted by atomic mass is 79.9. The molecule has 0 aliphatic heterocycles. The Bertz CT molecular complexity index is 867. The monoisotopic (exact) mass is 469 g/mol. The van der Waals surface area contributed by atoms with E-state index in [0.717, 1.165) is 11.0 Å². The molecule has 2 rings (SSSR count). The molecule has 0 aliphatic carbocycles. The van der Waals surface area contributed by atoms with E-state index in [9.17, 15) is 31.1 Å². The van der Waals surface area contributed by atoms with Crippen molar-refractivity contribution in [2.75, 3.05) is 0 Å². The first-order chi connectivity index (χ1) is 12.8. The summed E-state index contributed by atoms with van der Waals surface area (Å²) in [5.41, 5.74) is -3.37. The fourth-order valence-electron chi connectivity index (χ4n) is 2.21. The highest BCUT2D eigenvalue weighted by Crippen LogP contribution is 2.38. The number of aromatic nitrogens is 3. The number of halogens is 7. The molecule has 11 heteroatoms. The second-order valence-corrected chi connectivity index (χ2v) is 7.20. The largest absolute Gasteiger partial charge is 0.416 e. The third-order valence-corrected chi connectivity index (χ3v) is 4.11. The predicted octanol–water partition coefficient (Wildman–Crippen LogP) is 5.79. The van der Waals surface area contributed by atoms with Crippen LogP contribution in [-0.4, -0.2) is 20.5 Å². The summed E-state index contributed by atoms with van der Waals surface area (Å²) in [5.74, 6) is -0.472. The number of benzene rings is 1. The zero-order valence-electron chi connectivity index (χ0n) is 14.6. The van der Waals surface area contributed by atoms with Gasteiger partial charge in [0.2, 0.25) is 0 Å². The molecule has 0 amide bonds. The highest BCUT2D eigenvalue weighted by molar-refractivity contribution is 9.12. The molecule has 0 saturated heterocycles. The SMILES string of the molecule is CC(C)CC(=O)/C(Br)=C/n1cnc(-c2cc(C(F)(F)F)cc(C(F)(F)F)c2)n1. The van der Waals surface area contributed by atoms with Gasteiger partial charge < -0.3 is 0 Å². The number of ketones is 1. The number of hydrogen-bond acceptors (Lipinski definition) is 3. The number of carbonyl (C=O) groups is 1. The molecule has 0 spiro atoms. The van der Waals surface area contributed by atoms with Crippen LogP contribution in [0.2, 0.25) is 0 Å². The van der Waals surface area contributed by atoms with Crippen molar-refractivity contribution in [1.29, 1.82) is 0 Å². The third-order valence-electron chi connectivity index (χ3n) is 3.46. The number of alkyl halides is 6. The van der Waals surface area contributed by atoms with Crippen LogP contribution in [0.25, 0.3) is 17.6 Å². The Kier molecular flexibility index (Phi) is 6.37. The molecule has 0 atom stereocenters. The molecule has 4 nitrogen and oxygen atoms in total. The van der Waals surface area contributed by atoms with Gasteiger partial charge in [0, 0.05) is 18.2 Å². The molecule has 2 aromatic rings. The second-order valence-electron chi connectivity index (χ2n) is 6.34. The van der Waals surface area contributed by atoms with Crippen LogP contribution in [0.4, 0.5) is 26.3 Å². The summed E-state index contributed by atoms with van der Waals surface area (Å²) in [5, 5.41) is 3.84. The summed E-state index contributed by atoms with van der Waals surface area (Å²) < 4.78 is 78.9. The van der Waals surface area contributed by atoms with Gasteiger partial charge in [-0.05, 0) is 40.0 Å². The van der Waals surface area contributed by atoms with E-state index in [1.54, 1.807) is 0 Å². The van der Waals surface area contributed by atoms with E-state index in [-0.39, 0.29) is 34.5 Å². The average molecular weight is 470 g/mol. The van der Waals surface area contributed by atoms with Gasteiger partial charge in [0.1, 0.15) is 6.33 Å². The van der Waals surface area contributed by atoms with Crippen molar-refractivity contribution in [2.24, 2.45) is 5.92 Å². The maximum atomic E-state index is 13.0. The van der Waals surface area contributed by atoms with Crippen LogP contribution in [0.3, 0.4) is 0 Å². The molecule has 0 N–H and O–H groups in total. The highest BCUT2D eigenvalue weighted by Gasteiger charge is 2.37. The van der Waals surface area contributed by atoms with Crippen LogP contribution >= 0.6 is 15.9 Å². The first kappa shape index (κ1) is 22.1.